The number of rotatable bonds is 5. The average molecular weight is 332 g/mol. The Morgan fingerprint density at radius 3 is 2.59 bits per heavy atom. The number of thiophene rings is 1. The normalized spacial score (nSPS) is 32.7. The van der Waals surface area contributed by atoms with E-state index in [-0.39, 0.29) is 0 Å². The molecule has 0 aromatic carbocycles. The number of hydrogen-bond donors (Lipinski definition) is 5. The van der Waals surface area contributed by atoms with E-state index < -0.39 is 49.0 Å². The predicted molar refractivity (Wildman–Crippen MR) is 74.8 cm³/mol. The summed E-state index contributed by atoms with van der Waals surface area (Å²) in [6.07, 6.45) is -6.28. The van der Waals surface area contributed by atoms with Crippen LogP contribution in [0.1, 0.15) is 4.88 Å². The van der Waals surface area contributed by atoms with E-state index in [0.717, 1.165) is 0 Å². The van der Waals surface area contributed by atoms with Crippen LogP contribution in [0.4, 0.5) is 0 Å². The Kier molecular flexibility index (Phi) is 5.51. The number of aliphatic hydroxyl groups excluding tert-OH is 4. The quantitative estimate of drug-likeness (QED) is 0.342. The zero-order valence-corrected chi connectivity index (χ0v) is 12.1. The Balaban J connectivity index is 2.17. The van der Waals surface area contributed by atoms with E-state index in [1.54, 1.807) is 17.5 Å². The molecule has 1 aliphatic heterocycles. The summed E-state index contributed by atoms with van der Waals surface area (Å²) in [6.45, 7) is -0.623. The second kappa shape index (κ2) is 7.18. The fourth-order valence-electron chi connectivity index (χ4n) is 1.94. The van der Waals surface area contributed by atoms with E-state index in [4.69, 9.17) is 19.7 Å². The van der Waals surface area contributed by atoms with Gasteiger partial charge in [-0.2, -0.15) is 0 Å². The smallest absolute Gasteiger partial charge is 0.371 e. The van der Waals surface area contributed by atoms with Crippen LogP contribution in [0.2, 0.25) is 0 Å². The van der Waals surface area contributed by atoms with Gasteiger partial charge in [-0.1, -0.05) is 6.07 Å². The van der Waals surface area contributed by atoms with E-state index in [9.17, 15) is 20.1 Å². The number of aliphatic carboxylic acids is 1. The maximum Gasteiger partial charge on any atom is 0.371 e. The Morgan fingerprint density at radius 2 is 2.05 bits per heavy atom. The first-order valence-electron chi connectivity index (χ1n) is 6.39. The van der Waals surface area contributed by atoms with Gasteiger partial charge < -0.3 is 35.0 Å². The van der Waals surface area contributed by atoms with Crippen LogP contribution < -0.4 is 0 Å². The predicted octanol–water partition coefficient (Wildman–Crippen LogP) is -1.01. The van der Waals surface area contributed by atoms with Gasteiger partial charge in [0.2, 0.25) is 12.0 Å². The van der Waals surface area contributed by atoms with Crippen LogP contribution in [0.25, 0.3) is 6.08 Å². The minimum absolute atomic E-state index is 0.494. The molecule has 1 unspecified atom stereocenters. The first-order chi connectivity index (χ1) is 10.4. The van der Waals surface area contributed by atoms with E-state index in [1.165, 1.54) is 17.4 Å². The molecule has 1 aromatic heterocycles. The number of carbonyl (C=O) groups is 1. The van der Waals surface area contributed by atoms with Crippen molar-refractivity contribution in [1.29, 1.82) is 0 Å². The molecule has 0 bridgehead atoms. The SMILES string of the molecule is O=C(O)/C(=C/c1cccs1)O[C@H]1O[C@@H](CO)C(O)[C@@H](O)[C@@H]1O. The molecule has 1 fully saturated rings. The molecule has 9 heteroatoms. The van der Waals surface area contributed by atoms with Crippen molar-refractivity contribution in [3.63, 3.8) is 0 Å². The van der Waals surface area contributed by atoms with Gasteiger partial charge in [-0.15, -0.1) is 11.3 Å². The molecule has 0 radical (unpaired) electrons. The molecule has 0 aliphatic carbocycles. The van der Waals surface area contributed by atoms with Crippen molar-refractivity contribution in [2.45, 2.75) is 30.7 Å². The molecule has 1 aromatic rings. The summed E-state index contributed by atoms with van der Waals surface area (Å²) in [6, 6.07) is 3.40. The first-order valence-corrected chi connectivity index (χ1v) is 7.27. The summed E-state index contributed by atoms with van der Waals surface area (Å²) < 4.78 is 10.2. The molecule has 22 heavy (non-hydrogen) atoms. The summed E-state index contributed by atoms with van der Waals surface area (Å²) in [5, 5.41) is 49.1. The highest BCUT2D eigenvalue weighted by atomic mass is 32.1. The third-order valence-electron chi connectivity index (χ3n) is 3.12. The van der Waals surface area contributed by atoms with Gasteiger partial charge >= 0.3 is 5.97 Å². The third-order valence-corrected chi connectivity index (χ3v) is 3.94. The van der Waals surface area contributed by atoms with Crippen molar-refractivity contribution < 1.29 is 39.8 Å². The van der Waals surface area contributed by atoms with Crippen LogP contribution in [0.15, 0.2) is 23.3 Å². The molecule has 5 atom stereocenters. The van der Waals surface area contributed by atoms with Gasteiger partial charge in [0.1, 0.15) is 24.4 Å². The van der Waals surface area contributed by atoms with Crippen LogP contribution in [0, 0.1) is 0 Å². The fourth-order valence-corrected chi connectivity index (χ4v) is 2.59. The summed E-state index contributed by atoms with van der Waals surface area (Å²) in [5.41, 5.74) is 0. The van der Waals surface area contributed by atoms with Crippen LogP contribution in [0.3, 0.4) is 0 Å². The van der Waals surface area contributed by atoms with Crippen molar-refractivity contribution in [3.8, 4) is 0 Å². The van der Waals surface area contributed by atoms with Crippen molar-refractivity contribution >= 4 is 23.4 Å². The summed E-state index contributed by atoms with van der Waals surface area (Å²) in [4.78, 5) is 11.8. The van der Waals surface area contributed by atoms with Gasteiger partial charge in [-0.3, -0.25) is 0 Å². The lowest BCUT2D eigenvalue weighted by Gasteiger charge is -2.39. The summed E-state index contributed by atoms with van der Waals surface area (Å²) in [5.74, 6) is -1.88. The third kappa shape index (κ3) is 3.64. The van der Waals surface area contributed by atoms with E-state index in [2.05, 4.69) is 0 Å². The topological polar surface area (TPSA) is 137 Å². The second-order valence-corrected chi connectivity index (χ2v) is 5.62. The maximum absolute atomic E-state index is 11.2. The van der Waals surface area contributed by atoms with E-state index in [1.807, 2.05) is 0 Å². The largest absolute Gasteiger partial charge is 0.475 e. The van der Waals surface area contributed by atoms with Crippen molar-refractivity contribution in [2.75, 3.05) is 6.61 Å². The van der Waals surface area contributed by atoms with E-state index >= 15 is 0 Å². The molecule has 0 amide bonds. The Labute approximate surface area is 129 Å². The average Bonchev–Trinajstić information content (AvgIpc) is 2.99. The molecule has 8 nitrogen and oxygen atoms in total. The number of aliphatic hydroxyl groups is 4. The number of ether oxygens (including phenoxy) is 2. The molecule has 2 rings (SSSR count). The monoisotopic (exact) mass is 332 g/mol. The standard InChI is InChI=1S/C13H16O8S/c14-5-8-9(15)10(16)11(17)13(21-8)20-7(12(18)19)4-6-2-1-3-22-6/h1-4,8-11,13-17H,5H2,(H,18,19)/b7-4-/t8-,9?,10+,11-,13-/m0/s1. The van der Waals surface area contributed by atoms with Crippen molar-refractivity contribution in [3.05, 3.63) is 28.1 Å². The minimum Gasteiger partial charge on any atom is -0.475 e. The molecular weight excluding hydrogens is 316 g/mol. The zero-order chi connectivity index (χ0) is 16.3. The van der Waals surface area contributed by atoms with Gasteiger partial charge in [0.25, 0.3) is 0 Å². The van der Waals surface area contributed by atoms with Gasteiger partial charge in [0, 0.05) is 11.0 Å². The van der Waals surface area contributed by atoms with Gasteiger partial charge in [0.15, 0.2) is 0 Å². The zero-order valence-electron chi connectivity index (χ0n) is 11.3. The molecular formula is C13H16O8S. The van der Waals surface area contributed by atoms with Gasteiger partial charge in [0.05, 0.1) is 6.61 Å². The maximum atomic E-state index is 11.2. The van der Waals surface area contributed by atoms with E-state index in [0.29, 0.717) is 4.88 Å². The van der Waals surface area contributed by atoms with Crippen LogP contribution in [0.5, 0.6) is 0 Å². The second-order valence-electron chi connectivity index (χ2n) is 4.64. The Bertz CT molecular complexity index is 526. The van der Waals surface area contributed by atoms with Crippen molar-refractivity contribution in [2.24, 2.45) is 0 Å². The van der Waals surface area contributed by atoms with Gasteiger partial charge in [-0.25, -0.2) is 4.79 Å². The molecule has 2 heterocycles. The van der Waals surface area contributed by atoms with Crippen LogP contribution in [-0.2, 0) is 14.3 Å². The fraction of sp³-hybridized carbons (Fsp3) is 0.462. The first kappa shape index (κ1) is 16.9. The molecule has 122 valence electrons. The minimum atomic E-state index is -1.66. The number of hydrogen-bond acceptors (Lipinski definition) is 8. The number of carboxylic acids is 1. The van der Waals surface area contributed by atoms with Gasteiger partial charge in [-0.05, 0) is 11.4 Å². The molecule has 0 saturated carbocycles. The highest BCUT2D eigenvalue weighted by molar-refractivity contribution is 7.10. The summed E-state index contributed by atoms with van der Waals surface area (Å²) >= 11 is 1.29. The lowest BCUT2D eigenvalue weighted by atomic mass is 9.99. The molecule has 1 saturated heterocycles. The Hall–Kier alpha value is -1.49. The highest BCUT2D eigenvalue weighted by Crippen LogP contribution is 2.25. The molecule has 1 aliphatic rings. The Morgan fingerprint density at radius 1 is 1.32 bits per heavy atom. The van der Waals surface area contributed by atoms with Crippen LogP contribution in [-0.4, -0.2) is 68.8 Å². The lowest BCUT2D eigenvalue weighted by Crippen LogP contribution is -2.59. The van der Waals surface area contributed by atoms with Crippen LogP contribution >= 0.6 is 11.3 Å². The highest BCUT2D eigenvalue weighted by Gasteiger charge is 2.45. The lowest BCUT2D eigenvalue weighted by molar-refractivity contribution is -0.291. The molecule has 0 spiro atoms. The molecule has 5 N–H and O–H groups in total. The summed E-state index contributed by atoms with van der Waals surface area (Å²) in [7, 11) is 0. The number of carboxylic acid groups (broad SMARTS) is 1. The van der Waals surface area contributed by atoms with Crippen molar-refractivity contribution in [1.82, 2.24) is 0 Å².